The van der Waals surface area contributed by atoms with Gasteiger partial charge in [-0.3, -0.25) is 0 Å². The third kappa shape index (κ3) is 4.57. The van der Waals surface area contributed by atoms with E-state index in [2.05, 4.69) is 20.8 Å². The number of nitriles is 1. The molecule has 88 valence electrons. The van der Waals surface area contributed by atoms with Gasteiger partial charge in [0.2, 0.25) is 5.16 Å². The molecular formula is C8H14N6OS. The van der Waals surface area contributed by atoms with Crippen LogP contribution in [0.25, 0.3) is 0 Å². The molecule has 1 heterocycles. The van der Waals surface area contributed by atoms with Crippen molar-refractivity contribution < 1.29 is 4.74 Å². The fourth-order valence-electron chi connectivity index (χ4n) is 1.02. The van der Waals surface area contributed by atoms with Crippen LogP contribution >= 0.6 is 11.8 Å². The van der Waals surface area contributed by atoms with Gasteiger partial charge in [-0.1, -0.05) is 11.8 Å². The van der Waals surface area contributed by atoms with Gasteiger partial charge < -0.3 is 10.1 Å². The topological polar surface area (TPSA) is 88.7 Å². The van der Waals surface area contributed by atoms with Gasteiger partial charge in [-0.2, -0.15) is 5.26 Å². The number of methoxy groups -OCH3 is 1. The highest BCUT2D eigenvalue weighted by Crippen LogP contribution is 2.11. The molecule has 0 radical (unpaired) electrons. The highest BCUT2D eigenvalue weighted by Gasteiger charge is 2.05. The average Bonchev–Trinajstić information content (AvgIpc) is 2.74. The highest BCUT2D eigenvalue weighted by atomic mass is 32.2. The number of ether oxygens (including phenoxy) is 1. The van der Waals surface area contributed by atoms with Gasteiger partial charge in [0.05, 0.1) is 25.0 Å². The summed E-state index contributed by atoms with van der Waals surface area (Å²) in [6.45, 7) is 2.95. The summed E-state index contributed by atoms with van der Waals surface area (Å²) in [6, 6.07) is 2.04. The van der Waals surface area contributed by atoms with Gasteiger partial charge in [-0.05, 0) is 10.4 Å². The lowest BCUT2D eigenvalue weighted by Crippen LogP contribution is -2.24. The molecule has 0 aliphatic rings. The van der Waals surface area contributed by atoms with Crippen molar-refractivity contribution in [1.82, 2.24) is 25.5 Å². The van der Waals surface area contributed by atoms with E-state index in [-0.39, 0.29) is 0 Å². The molecule has 0 aliphatic heterocycles. The van der Waals surface area contributed by atoms with E-state index in [9.17, 15) is 0 Å². The van der Waals surface area contributed by atoms with Crippen LogP contribution in [0.2, 0.25) is 0 Å². The van der Waals surface area contributed by atoms with E-state index >= 15 is 0 Å². The number of nitrogens with zero attached hydrogens (tertiary/aromatic N) is 5. The maximum Gasteiger partial charge on any atom is 0.210 e. The Morgan fingerprint density at radius 1 is 1.56 bits per heavy atom. The lowest BCUT2D eigenvalue weighted by molar-refractivity contribution is 0.199. The molecule has 0 saturated carbocycles. The van der Waals surface area contributed by atoms with Gasteiger partial charge in [0.1, 0.15) is 0 Å². The van der Waals surface area contributed by atoms with Crippen LogP contribution in [-0.2, 0) is 11.3 Å². The molecule has 1 N–H and O–H groups in total. The summed E-state index contributed by atoms with van der Waals surface area (Å²) < 4.78 is 6.59. The first kappa shape index (κ1) is 12.9. The van der Waals surface area contributed by atoms with Crippen molar-refractivity contribution in [2.45, 2.75) is 11.7 Å². The van der Waals surface area contributed by atoms with Crippen LogP contribution in [0.1, 0.15) is 0 Å². The molecule has 1 aromatic rings. The zero-order valence-electron chi connectivity index (χ0n) is 9.09. The van der Waals surface area contributed by atoms with Crippen LogP contribution in [0, 0.1) is 11.3 Å². The molecule has 0 spiro atoms. The van der Waals surface area contributed by atoms with Crippen LogP contribution < -0.4 is 5.32 Å². The predicted molar refractivity (Wildman–Crippen MR) is 58.9 cm³/mol. The van der Waals surface area contributed by atoms with Gasteiger partial charge in [0, 0.05) is 20.2 Å². The second-order valence-corrected chi connectivity index (χ2v) is 3.82. The summed E-state index contributed by atoms with van der Waals surface area (Å²) in [6.07, 6.45) is 0. The van der Waals surface area contributed by atoms with E-state index < -0.39 is 0 Å². The van der Waals surface area contributed by atoms with Crippen molar-refractivity contribution in [2.75, 3.05) is 32.6 Å². The Hall–Kier alpha value is -1.17. The van der Waals surface area contributed by atoms with Gasteiger partial charge in [-0.15, -0.1) is 5.10 Å². The first-order chi connectivity index (χ1) is 7.88. The summed E-state index contributed by atoms with van der Waals surface area (Å²) in [5, 5.41) is 23.6. The fourth-order valence-corrected chi connectivity index (χ4v) is 1.59. The minimum atomic E-state index is 0.359. The molecule has 0 saturated heterocycles. The smallest absolute Gasteiger partial charge is 0.210 e. The van der Waals surface area contributed by atoms with Crippen LogP contribution in [0.5, 0.6) is 0 Å². The Morgan fingerprint density at radius 3 is 3.19 bits per heavy atom. The molecular weight excluding hydrogens is 228 g/mol. The molecule has 16 heavy (non-hydrogen) atoms. The number of rotatable bonds is 8. The van der Waals surface area contributed by atoms with E-state index in [1.54, 1.807) is 11.8 Å². The number of nitrogens with one attached hydrogen (secondary N) is 1. The SMILES string of the molecule is COCCNCCn1nnnc1SCC#N. The Kier molecular flexibility index (Phi) is 6.48. The average molecular weight is 242 g/mol. The summed E-state index contributed by atoms with van der Waals surface area (Å²) in [5.74, 6) is 0.359. The molecule has 0 amide bonds. The largest absolute Gasteiger partial charge is 0.383 e. The molecule has 0 bridgehead atoms. The number of thioether (sulfide) groups is 1. The molecule has 0 fully saturated rings. The van der Waals surface area contributed by atoms with Crippen LogP contribution in [-0.4, -0.2) is 52.8 Å². The number of hydrogen-bond acceptors (Lipinski definition) is 7. The molecule has 1 aromatic heterocycles. The maximum absolute atomic E-state index is 8.45. The molecule has 0 aromatic carbocycles. The van der Waals surface area contributed by atoms with E-state index in [1.807, 2.05) is 6.07 Å². The first-order valence-corrected chi connectivity index (χ1v) is 5.82. The van der Waals surface area contributed by atoms with Gasteiger partial charge in [0.15, 0.2) is 0 Å². The number of tetrazole rings is 1. The normalized spacial score (nSPS) is 10.2. The molecule has 8 heteroatoms. The Bertz CT molecular complexity index is 336. The van der Waals surface area contributed by atoms with Crippen molar-refractivity contribution in [2.24, 2.45) is 0 Å². The molecule has 1 rings (SSSR count). The molecule has 7 nitrogen and oxygen atoms in total. The number of hydrogen-bond donors (Lipinski definition) is 1. The lowest BCUT2D eigenvalue weighted by atomic mass is 10.6. The Morgan fingerprint density at radius 2 is 2.44 bits per heavy atom. The van der Waals surface area contributed by atoms with Crippen molar-refractivity contribution >= 4 is 11.8 Å². The van der Waals surface area contributed by atoms with Gasteiger partial charge >= 0.3 is 0 Å². The van der Waals surface area contributed by atoms with Gasteiger partial charge in [0.25, 0.3) is 0 Å². The van der Waals surface area contributed by atoms with E-state index in [0.717, 1.165) is 13.1 Å². The summed E-state index contributed by atoms with van der Waals surface area (Å²) in [5.41, 5.74) is 0. The monoisotopic (exact) mass is 242 g/mol. The van der Waals surface area contributed by atoms with Crippen molar-refractivity contribution in [1.29, 1.82) is 5.26 Å². The van der Waals surface area contributed by atoms with Crippen molar-refractivity contribution in [3.05, 3.63) is 0 Å². The van der Waals surface area contributed by atoms with E-state index in [1.165, 1.54) is 11.8 Å². The van der Waals surface area contributed by atoms with Gasteiger partial charge in [-0.25, -0.2) is 4.68 Å². The molecule has 0 aliphatic carbocycles. The zero-order valence-corrected chi connectivity index (χ0v) is 9.90. The maximum atomic E-state index is 8.45. The van der Waals surface area contributed by atoms with Crippen molar-refractivity contribution in [3.8, 4) is 6.07 Å². The minimum Gasteiger partial charge on any atom is -0.383 e. The first-order valence-electron chi connectivity index (χ1n) is 4.84. The zero-order chi connectivity index (χ0) is 11.6. The molecule has 0 atom stereocenters. The third-order valence-electron chi connectivity index (χ3n) is 1.75. The van der Waals surface area contributed by atoms with Crippen LogP contribution in [0.3, 0.4) is 0 Å². The van der Waals surface area contributed by atoms with Crippen molar-refractivity contribution in [3.63, 3.8) is 0 Å². The highest BCUT2D eigenvalue weighted by molar-refractivity contribution is 7.99. The standard InChI is InChI=1S/C8H14N6OS/c1-15-6-4-10-3-5-14-8(11-12-13-14)16-7-2-9/h10H,3-7H2,1H3. The Balaban J connectivity index is 2.25. The number of aromatic nitrogens is 4. The minimum absolute atomic E-state index is 0.359. The molecule has 0 unspecified atom stereocenters. The Labute approximate surface area is 98.1 Å². The lowest BCUT2D eigenvalue weighted by Gasteiger charge is -2.04. The van der Waals surface area contributed by atoms with Crippen LogP contribution in [0.4, 0.5) is 0 Å². The fraction of sp³-hybridized carbons (Fsp3) is 0.750. The third-order valence-corrected chi connectivity index (χ3v) is 2.57. The summed E-state index contributed by atoms with van der Waals surface area (Å²) >= 11 is 1.34. The summed E-state index contributed by atoms with van der Waals surface area (Å²) in [7, 11) is 1.67. The summed E-state index contributed by atoms with van der Waals surface area (Å²) in [4.78, 5) is 0. The van der Waals surface area contributed by atoms with Crippen LogP contribution in [0.15, 0.2) is 5.16 Å². The van der Waals surface area contributed by atoms with E-state index in [0.29, 0.717) is 24.1 Å². The predicted octanol–water partition coefficient (Wildman–Crippen LogP) is -0.475. The second-order valence-electron chi connectivity index (χ2n) is 2.87. The quantitative estimate of drug-likeness (QED) is 0.486. The van der Waals surface area contributed by atoms with E-state index in [4.69, 9.17) is 10.00 Å². The second kappa shape index (κ2) is 8.04.